The van der Waals surface area contributed by atoms with Crippen LogP contribution in [0.5, 0.6) is 0 Å². The molecular formula is C43H32N2. The molecule has 0 atom stereocenters. The average Bonchev–Trinajstić information content (AvgIpc) is 3.34. The lowest BCUT2D eigenvalue weighted by atomic mass is 9.81. The number of hydrogen-bond acceptors (Lipinski definition) is 2. The average molecular weight is 577 g/mol. The minimum absolute atomic E-state index is 0.0215. The molecule has 1 aliphatic rings. The van der Waals surface area contributed by atoms with Gasteiger partial charge in [0.15, 0.2) is 5.82 Å². The first-order valence-corrected chi connectivity index (χ1v) is 15.5. The van der Waals surface area contributed by atoms with Crippen LogP contribution in [0, 0.1) is 0 Å². The first-order valence-electron chi connectivity index (χ1n) is 15.5. The summed E-state index contributed by atoms with van der Waals surface area (Å²) in [6.07, 6.45) is 0. The molecule has 0 saturated carbocycles. The number of hydrogen-bond donors (Lipinski definition) is 0. The summed E-state index contributed by atoms with van der Waals surface area (Å²) < 4.78 is 0. The molecule has 45 heavy (non-hydrogen) atoms. The van der Waals surface area contributed by atoms with Crippen molar-refractivity contribution >= 4 is 0 Å². The zero-order valence-electron chi connectivity index (χ0n) is 25.4. The monoisotopic (exact) mass is 576 g/mol. The SMILES string of the molecule is CC1(C)c2ccccc2-c2ccc(-c3ccc(-c4cc(-c5ccc(-c6ccccc6)cc5)nc(-c5ccccc5)n4)cc3)cc21. The van der Waals surface area contributed by atoms with Gasteiger partial charge in [0.25, 0.3) is 0 Å². The van der Waals surface area contributed by atoms with Gasteiger partial charge in [0.1, 0.15) is 0 Å². The van der Waals surface area contributed by atoms with Crippen molar-refractivity contribution < 1.29 is 0 Å². The molecule has 0 N–H and O–H groups in total. The predicted molar refractivity (Wildman–Crippen MR) is 187 cm³/mol. The summed E-state index contributed by atoms with van der Waals surface area (Å²) in [6.45, 7) is 4.66. The standard InChI is InChI=1S/C43H32N2/c1-43(2)38-16-10-9-15-36(38)37-26-25-35(27-39(37)43)31-19-23-33(24-20-31)41-28-40(44-42(45-41)34-13-7-4-8-14-34)32-21-17-30(18-22-32)29-11-5-3-6-12-29/h3-28H,1-2H3. The Morgan fingerprint density at radius 2 is 0.800 bits per heavy atom. The molecule has 2 nitrogen and oxygen atoms in total. The molecule has 0 aliphatic heterocycles. The molecule has 0 unspecified atom stereocenters. The number of benzene rings is 6. The fourth-order valence-corrected chi connectivity index (χ4v) is 6.64. The Morgan fingerprint density at radius 1 is 0.356 bits per heavy atom. The molecule has 7 aromatic rings. The molecule has 1 heterocycles. The van der Waals surface area contributed by atoms with Crippen molar-refractivity contribution in [3.8, 4) is 67.3 Å². The second kappa shape index (κ2) is 10.8. The van der Waals surface area contributed by atoms with Gasteiger partial charge in [-0.2, -0.15) is 0 Å². The van der Waals surface area contributed by atoms with E-state index in [2.05, 4.69) is 147 Å². The van der Waals surface area contributed by atoms with Crippen molar-refractivity contribution in [2.24, 2.45) is 0 Å². The zero-order valence-corrected chi connectivity index (χ0v) is 25.4. The van der Waals surface area contributed by atoms with Crippen molar-refractivity contribution in [1.82, 2.24) is 9.97 Å². The van der Waals surface area contributed by atoms with Crippen LogP contribution in [0.3, 0.4) is 0 Å². The van der Waals surface area contributed by atoms with Gasteiger partial charge in [0, 0.05) is 22.1 Å². The summed E-state index contributed by atoms with van der Waals surface area (Å²) in [5, 5.41) is 0. The first-order chi connectivity index (χ1) is 22.0. The van der Waals surface area contributed by atoms with Gasteiger partial charge in [-0.15, -0.1) is 0 Å². The third-order valence-electron chi connectivity index (χ3n) is 9.14. The Hall–Kier alpha value is -5.60. The minimum Gasteiger partial charge on any atom is -0.228 e. The fourth-order valence-electron chi connectivity index (χ4n) is 6.64. The fraction of sp³-hybridized carbons (Fsp3) is 0.0698. The molecule has 8 rings (SSSR count). The highest BCUT2D eigenvalue weighted by atomic mass is 14.9. The summed E-state index contributed by atoms with van der Waals surface area (Å²) in [5.74, 6) is 0.722. The summed E-state index contributed by atoms with van der Waals surface area (Å²) in [4.78, 5) is 10.1. The lowest BCUT2D eigenvalue weighted by Gasteiger charge is -2.22. The molecule has 0 amide bonds. The maximum Gasteiger partial charge on any atom is 0.160 e. The summed E-state index contributed by atoms with van der Waals surface area (Å²) in [6, 6.07) is 55.9. The molecule has 0 bridgehead atoms. The molecule has 1 aromatic heterocycles. The van der Waals surface area contributed by atoms with Crippen LogP contribution in [0.1, 0.15) is 25.0 Å². The van der Waals surface area contributed by atoms with E-state index in [1.165, 1.54) is 44.5 Å². The molecular weight excluding hydrogens is 544 g/mol. The van der Waals surface area contributed by atoms with Crippen molar-refractivity contribution in [3.63, 3.8) is 0 Å². The van der Waals surface area contributed by atoms with Gasteiger partial charge in [0.05, 0.1) is 11.4 Å². The lowest BCUT2D eigenvalue weighted by molar-refractivity contribution is 0.660. The normalized spacial score (nSPS) is 12.8. The van der Waals surface area contributed by atoms with Crippen LogP contribution in [-0.4, -0.2) is 9.97 Å². The van der Waals surface area contributed by atoms with Crippen LogP contribution in [-0.2, 0) is 5.41 Å². The number of nitrogens with zero attached hydrogens (tertiary/aromatic N) is 2. The highest BCUT2D eigenvalue weighted by Gasteiger charge is 2.35. The highest BCUT2D eigenvalue weighted by molar-refractivity contribution is 5.84. The van der Waals surface area contributed by atoms with E-state index in [0.717, 1.165) is 33.9 Å². The maximum atomic E-state index is 5.05. The minimum atomic E-state index is -0.0215. The highest BCUT2D eigenvalue weighted by Crippen LogP contribution is 2.49. The largest absolute Gasteiger partial charge is 0.228 e. The Kier molecular flexibility index (Phi) is 6.50. The van der Waals surface area contributed by atoms with E-state index in [0.29, 0.717) is 0 Å². The molecule has 0 spiro atoms. The van der Waals surface area contributed by atoms with Gasteiger partial charge in [-0.1, -0.05) is 159 Å². The van der Waals surface area contributed by atoms with Gasteiger partial charge in [0.2, 0.25) is 0 Å². The van der Waals surface area contributed by atoms with Crippen LogP contribution in [0.4, 0.5) is 0 Å². The van der Waals surface area contributed by atoms with Gasteiger partial charge in [-0.25, -0.2) is 9.97 Å². The summed E-state index contributed by atoms with van der Waals surface area (Å²) >= 11 is 0. The Balaban J connectivity index is 1.16. The molecule has 2 heteroatoms. The summed E-state index contributed by atoms with van der Waals surface area (Å²) in [7, 11) is 0. The quantitative estimate of drug-likeness (QED) is 0.204. The second-order valence-electron chi connectivity index (χ2n) is 12.3. The first kappa shape index (κ1) is 27.0. The maximum absolute atomic E-state index is 5.05. The topological polar surface area (TPSA) is 25.8 Å². The van der Waals surface area contributed by atoms with Gasteiger partial charge < -0.3 is 0 Å². The van der Waals surface area contributed by atoms with E-state index in [9.17, 15) is 0 Å². The van der Waals surface area contributed by atoms with Crippen LogP contribution < -0.4 is 0 Å². The van der Waals surface area contributed by atoms with Crippen LogP contribution in [0.25, 0.3) is 67.3 Å². The molecule has 6 aromatic carbocycles. The Labute approximate surface area is 264 Å². The second-order valence-corrected chi connectivity index (χ2v) is 12.3. The predicted octanol–water partition coefficient (Wildman–Crippen LogP) is 11.1. The van der Waals surface area contributed by atoms with Gasteiger partial charge >= 0.3 is 0 Å². The third kappa shape index (κ3) is 4.85. The number of rotatable bonds is 5. The van der Waals surface area contributed by atoms with Crippen molar-refractivity contribution in [2.45, 2.75) is 19.3 Å². The lowest BCUT2D eigenvalue weighted by Crippen LogP contribution is -2.14. The third-order valence-corrected chi connectivity index (χ3v) is 9.14. The molecule has 214 valence electrons. The molecule has 0 radical (unpaired) electrons. The van der Waals surface area contributed by atoms with E-state index >= 15 is 0 Å². The smallest absolute Gasteiger partial charge is 0.160 e. The van der Waals surface area contributed by atoms with Crippen molar-refractivity contribution in [1.29, 1.82) is 0 Å². The van der Waals surface area contributed by atoms with Crippen molar-refractivity contribution in [3.05, 3.63) is 169 Å². The van der Waals surface area contributed by atoms with E-state index in [4.69, 9.17) is 9.97 Å². The Bertz CT molecular complexity index is 2140. The molecule has 0 saturated heterocycles. The zero-order chi connectivity index (χ0) is 30.4. The molecule has 1 aliphatic carbocycles. The Morgan fingerprint density at radius 3 is 1.42 bits per heavy atom. The van der Waals surface area contributed by atoms with E-state index in [1.54, 1.807) is 0 Å². The van der Waals surface area contributed by atoms with Crippen LogP contribution in [0.2, 0.25) is 0 Å². The van der Waals surface area contributed by atoms with E-state index in [-0.39, 0.29) is 5.41 Å². The van der Waals surface area contributed by atoms with Crippen molar-refractivity contribution in [2.75, 3.05) is 0 Å². The van der Waals surface area contributed by atoms with Gasteiger partial charge in [-0.05, 0) is 56.6 Å². The summed E-state index contributed by atoms with van der Waals surface area (Å²) in [5.41, 5.74) is 15.2. The van der Waals surface area contributed by atoms with Gasteiger partial charge in [-0.3, -0.25) is 0 Å². The van der Waals surface area contributed by atoms with Crippen LogP contribution in [0.15, 0.2) is 158 Å². The van der Waals surface area contributed by atoms with Crippen LogP contribution >= 0.6 is 0 Å². The number of fused-ring (bicyclic) bond motifs is 3. The molecule has 0 fully saturated rings. The van der Waals surface area contributed by atoms with E-state index in [1.807, 2.05) is 24.3 Å². The van der Waals surface area contributed by atoms with E-state index < -0.39 is 0 Å². The number of aromatic nitrogens is 2.